The summed E-state index contributed by atoms with van der Waals surface area (Å²) in [6, 6.07) is 0. The summed E-state index contributed by atoms with van der Waals surface area (Å²) in [6.07, 6.45) is 2.75. The van der Waals surface area contributed by atoms with Crippen LogP contribution in [0.2, 0.25) is 0 Å². The molecule has 5 heteroatoms. The first-order chi connectivity index (χ1) is 5.63. The van der Waals surface area contributed by atoms with Gasteiger partial charge in [-0.25, -0.2) is 13.1 Å². The minimum Gasteiger partial charge on any atom is -0.374 e. The van der Waals surface area contributed by atoms with Crippen LogP contribution in [0.3, 0.4) is 0 Å². The second kappa shape index (κ2) is 2.68. The number of sulfonamides is 1. The van der Waals surface area contributed by atoms with Gasteiger partial charge >= 0.3 is 0 Å². The van der Waals surface area contributed by atoms with Crippen molar-refractivity contribution in [3.8, 4) is 0 Å². The molecule has 0 amide bonds. The van der Waals surface area contributed by atoms with Gasteiger partial charge in [-0.15, -0.1) is 0 Å². The van der Waals surface area contributed by atoms with E-state index in [0.717, 1.165) is 12.8 Å². The van der Waals surface area contributed by atoms with E-state index in [1.807, 2.05) is 0 Å². The quantitative estimate of drug-likeness (QED) is 0.660. The van der Waals surface area contributed by atoms with E-state index in [4.69, 9.17) is 4.74 Å². The third-order valence-electron chi connectivity index (χ3n) is 2.73. The highest BCUT2D eigenvalue weighted by molar-refractivity contribution is 7.90. The van der Waals surface area contributed by atoms with E-state index in [1.54, 1.807) is 0 Å². The van der Waals surface area contributed by atoms with Gasteiger partial charge < -0.3 is 4.74 Å². The van der Waals surface area contributed by atoms with Crippen molar-refractivity contribution in [3.05, 3.63) is 0 Å². The third kappa shape index (κ3) is 1.16. The molecule has 0 aromatic carbocycles. The van der Waals surface area contributed by atoms with Crippen LogP contribution in [0.4, 0.5) is 0 Å². The van der Waals surface area contributed by atoms with E-state index < -0.39 is 10.0 Å². The molecule has 2 bridgehead atoms. The van der Waals surface area contributed by atoms with Gasteiger partial charge in [0.25, 0.3) is 0 Å². The summed E-state index contributed by atoms with van der Waals surface area (Å²) in [5, 5.41) is -0.304. The molecule has 0 saturated carbocycles. The number of fused-ring (bicyclic) bond motifs is 2. The van der Waals surface area contributed by atoms with E-state index in [1.165, 1.54) is 7.05 Å². The summed E-state index contributed by atoms with van der Waals surface area (Å²) in [6.45, 7) is 0. The second-order valence-electron chi connectivity index (χ2n) is 3.40. The molecule has 1 N–H and O–H groups in total. The number of hydrogen-bond donors (Lipinski definition) is 1. The first-order valence-electron chi connectivity index (χ1n) is 4.21. The zero-order valence-corrected chi connectivity index (χ0v) is 7.80. The van der Waals surface area contributed by atoms with Gasteiger partial charge in [-0.05, 0) is 26.3 Å². The average molecular weight is 191 g/mol. The molecular formula is C7H13NO3S. The van der Waals surface area contributed by atoms with Gasteiger partial charge in [-0.3, -0.25) is 0 Å². The molecule has 3 atom stereocenters. The molecule has 3 unspecified atom stereocenters. The van der Waals surface area contributed by atoms with E-state index in [-0.39, 0.29) is 17.5 Å². The fourth-order valence-corrected chi connectivity index (χ4v) is 3.44. The molecule has 2 rings (SSSR count). The van der Waals surface area contributed by atoms with Gasteiger partial charge in [0.05, 0.1) is 12.2 Å². The molecule has 70 valence electrons. The molecule has 0 aromatic heterocycles. The van der Waals surface area contributed by atoms with Gasteiger partial charge in [-0.2, -0.15) is 0 Å². The monoisotopic (exact) mass is 191 g/mol. The topological polar surface area (TPSA) is 55.4 Å². The number of nitrogens with one attached hydrogen (secondary N) is 1. The predicted molar refractivity (Wildman–Crippen MR) is 44.3 cm³/mol. The molecule has 0 aliphatic carbocycles. The molecule has 2 saturated heterocycles. The predicted octanol–water partition coefficient (Wildman–Crippen LogP) is -0.145. The number of rotatable bonds is 2. The Labute approximate surface area is 72.3 Å². The smallest absolute Gasteiger partial charge is 0.216 e. The lowest BCUT2D eigenvalue weighted by Gasteiger charge is -2.17. The maximum absolute atomic E-state index is 11.4. The molecular weight excluding hydrogens is 178 g/mol. The Morgan fingerprint density at radius 3 is 2.58 bits per heavy atom. The Bertz CT molecular complexity index is 274. The van der Waals surface area contributed by atoms with Crippen molar-refractivity contribution in [2.75, 3.05) is 7.05 Å². The fraction of sp³-hybridized carbons (Fsp3) is 1.00. The second-order valence-corrected chi connectivity index (χ2v) is 5.50. The minimum atomic E-state index is -3.10. The SMILES string of the molecule is CNS(=O)(=O)C1CC2CCC1O2. The Balaban J connectivity index is 2.17. The van der Waals surface area contributed by atoms with E-state index >= 15 is 0 Å². The first kappa shape index (κ1) is 8.47. The molecule has 12 heavy (non-hydrogen) atoms. The molecule has 2 aliphatic rings. The molecule has 2 fully saturated rings. The zero-order chi connectivity index (χ0) is 8.77. The lowest BCUT2D eigenvalue weighted by atomic mass is 10.0. The molecule has 0 aromatic rings. The van der Waals surface area contributed by atoms with Crippen molar-refractivity contribution in [2.24, 2.45) is 0 Å². The Kier molecular flexibility index (Phi) is 1.89. The van der Waals surface area contributed by atoms with Crippen molar-refractivity contribution in [2.45, 2.75) is 36.7 Å². The van der Waals surface area contributed by atoms with Gasteiger partial charge in [-0.1, -0.05) is 0 Å². The summed E-state index contributed by atoms with van der Waals surface area (Å²) in [4.78, 5) is 0. The average Bonchev–Trinajstić information content (AvgIpc) is 2.64. The van der Waals surface area contributed by atoms with Crippen molar-refractivity contribution in [1.82, 2.24) is 4.72 Å². The molecule has 2 heterocycles. The highest BCUT2D eigenvalue weighted by Gasteiger charge is 2.46. The minimum absolute atomic E-state index is 0.0487. The summed E-state index contributed by atoms with van der Waals surface area (Å²) in [5.41, 5.74) is 0. The first-order valence-corrected chi connectivity index (χ1v) is 5.76. The molecule has 0 radical (unpaired) electrons. The summed E-state index contributed by atoms with van der Waals surface area (Å²) in [5.74, 6) is 0. The largest absolute Gasteiger partial charge is 0.374 e. The highest BCUT2D eigenvalue weighted by Crippen LogP contribution is 2.37. The van der Waals surface area contributed by atoms with Crippen LogP contribution < -0.4 is 4.72 Å². The van der Waals surface area contributed by atoms with Gasteiger partial charge in [0.15, 0.2) is 0 Å². The number of hydrogen-bond acceptors (Lipinski definition) is 3. The summed E-state index contributed by atoms with van der Waals surface area (Å²) in [7, 11) is -1.64. The highest BCUT2D eigenvalue weighted by atomic mass is 32.2. The standard InChI is InChI=1S/C7H13NO3S/c1-8-12(9,10)7-4-5-2-3-6(7)11-5/h5-8H,2-4H2,1H3. The Morgan fingerprint density at radius 1 is 1.42 bits per heavy atom. The van der Waals surface area contributed by atoms with Crippen LogP contribution in [-0.2, 0) is 14.8 Å². The van der Waals surface area contributed by atoms with E-state index in [0.29, 0.717) is 6.42 Å². The van der Waals surface area contributed by atoms with Crippen LogP contribution in [-0.4, -0.2) is 32.9 Å². The van der Waals surface area contributed by atoms with Crippen LogP contribution in [0.5, 0.6) is 0 Å². The van der Waals surface area contributed by atoms with Crippen LogP contribution in [0, 0.1) is 0 Å². The zero-order valence-electron chi connectivity index (χ0n) is 6.99. The number of ether oxygens (including phenoxy) is 1. The van der Waals surface area contributed by atoms with Gasteiger partial charge in [0.1, 0.15) is 5.25 Å². The third-order valence-corrected chi connectivity index (χ3v) is 4.60. The maximum atomic E-state index is 11.4. The summed E-state index contributed by atoms with van der Waals surface area (Å²) >= 11 is 0. The van der Waals surface area contributed by atoms with Crippen molar-refractivity contribution < 1.29 is 13.2 Å². The van der Waals surface area contributed by atoms with E-state index in [2.05, 4.69) is 4.72 Å². The Morgan fingerprint density at radius 2 is 2.17 bits per heavy atom. The van der Waals surface area contributed by atoms with Crippen molar-refractivity contribution in [3.63, 3.8) is 0 Å². The normalized spacial score (nSPS) is 40.6. The maximum Gasteiger partial charge on any atom is 0.216 e. The summed E-state index contributed by atoms with van der Waals surface area (Å²) < 4.78 is 30.6. The van der Waals surface area contributed by atoms with Crippen molar-refractivity contribution in [1.29, 1.82) is 0 Å². The fourth-order valence-electron chi connectivity index (χ4n) is 2.07. The Hall–Kier alpha value is -0.130. The van der Waals surface area contributed by atoms with Crippen LogP contribution in [0.15, 0.2) is 0 Å². The van der Waals surface area contributed by atoms with Crippen LogP contribution in [0.1, 0.15) is 19.3 Å². The molecule has 2 aliphatic heterocycles. The van der Waals surface area contributed by atoms with Crippen LogP contribution in [0.25, 0.3) is 0 Å². The lowest BCUT2D eigenvalue weighted by Crippen LogP contribution is -2.38. The van der Waals surface area contributed by atoms with Crippen LogP contribution >= 0.6 is 0 Å². The van der Waals surface area contributed by atoms with Crippen molar-refractivity contribution >= 4 is 10.0 Å². The van der Waals surface area contributed by atoms with E-state index in [9.17, 15) is 8.42 Å². The molecule has 0 spiro atoms. The molecule has 4 nitrogen and oxygen atoms in total. The van der Waals surface area contributed by atoms with Gasteiger partial charge in [0, 0.05) is 0 Å². The lowest BCUT2D eigenvalue weighted by molar-refractivity contribution is 0.105. The van der Waals surface area contributed by atoms with Gasteiger partial charge in [0.2, 0.25) is 10.0 Å².